The monoisotopic (exact) mass is 327 g/mol. The summed E-state index contributed by atoms with van der Waals surface area (Å²) in [4.78, 5) is 27.9. The van der Waals surface area contributed by atoms with Crippen molar-refractivity contribution in [2.75, 3.05) is 43.4 Å². The van der Waals surface area contributed by atoms with Gasteiger partial charge >= 0.3 is 0 Å². The fourth-order valence-electron chi connectivity index (χ4n) is 2.71. The molecule has 0 saturated carbocycles. The van der Waals surface area contributed by atoms with Crippen LogP contribution in [0.1, 0.15) is 16.1 Å². The third-order valence-electron chi connectivity index (χ3n) is 4.24. The molecule has 0 bridgehead atoms. The van der Waals surface area contributed by atoms with Gasteiger partial charge in [-0.25, -0.2) is 5.10 Å². The Labute approximate surface area is 140 Å². The molecule has 1 aromatic heterocycles. The van der Waals surface area contributed by atoms with Crippen LogP contribution in [-0.2, 0) is 0 Å². The highest BCUT2D eigenvalue weighted by atomic mass is 16.2. The first-order valence-corrected chi connectivity index (χ1v) is 7.94. The van der Waals surface area contributed by atoms with E-state index in [0.717, 1.165) is 37.4 Å². The van der Waals surface area contributed by atoms with Gasteiger partial charge in [0.05, 0.1) is 0 Å². The van der Waals surface area contributed by atoms with Crippen LogP contribution in [0.4, 0.5) is 11.4 Å². The number of carbonyl (C=O) groups excluding carboxylic acids is 1. The van der Waals surface area contributed by atoms with E-state index >= 15 is 0 Å². The first-order valence-electron chi connectivity index (χ1n) is 7.94. The molecule has 1 amide bonds. The number of carbonyl (C=O) groups is 1. The first kappa shape index (κ1) is 16.2. The number of H-pyrrole nitrogens is 1. The number of likely N-dealkylation sites (N-methyl/N-ethyl adjacent to an activating group) is 1. The average Bonchev–Trinajstić information content (AvgIpc) is 2.58. The minimum Gasteiger partial charge on any atom is -0.369 e. The Hall–Kier alpha value is -2.67. The first-order chi connectivity index (χ1) is 11.5. The van der Waals surface area contributed by atoms with E-state index in [1.54, 1.807) is 0 Å². The van der Waals surface area contributed by atoms with Gasteiger partial charge in [-0.3, -0.25) is 9.59 Å². The second-order valence-electron chi connectivity index (χ2n) is 6.05. The fraction of sp³-hybridized carbons (Fsp3) is 0.353. The van der Waals surface area contributed by atoms with E-state index in [0.29, 0.717) is 0 Å². The van der Waals surface area contributed by atoms with Crippen LogP contribution in [-0.4, -0.2) is 54.2 Å². The van der Waals surface area contributed by atoms with E-state index in [1.165, 1.54) is 17.8 Å². The molecule has 2 N–H and O–H groups in total. The van der Waals surface area contributed by atoms with Gasteiger partial charge in [0.2, 0.25) is 0 Å². The molecular formula is C17H21N5O2. The number of hydrogen-bond donors (Lipinski definition) is 2. The minimum atomic E-state index is -0.346. The van der Waals surface area contributed by atoms with E-state index in [9.17, 15) is 9.59 Å². The molecule has 2 aromatic rings. The molecule has 1 aliphatic heterocycles. The predicted molar refractivity (Wildman–Crippen MR) is 93.7 cm³/mol. The molecule has 126 valence electrons. The van der Waals surface area contributed by atoms with E-state index in [2.05, 4.69) is 38.4 Å². The van der Waals surface area contributed by atoms with Crippen molar-refractivity contribution in [1.29, 1.82) is 0 Å². The lowest BCUT2D eigenvalue weighted by atomic mass is 10.1. The lowest BCUT2D eigenvalue weighted by Gasteiger charge is -2.34. The summed E-state index contributed by atoms with van der Waals surface area (Å²) in [6.07, 6.45) is 0. The van der Waals surface area contributed by atoms with Gasteiger partial charge in [-0.05, 0) is 43.8 Å². The van der Waals surface area contributed by atoms with Gasteiger partial charge in [-0.1, -0.05) is 0 Å². The quantitative estimate of drug-likeness (QED) is 0.882. The summed E-state index contributed by atoms with van der Waals surface area (Å²) in [6, 6.07) is 8.70. The molecule has 7 heteroatoms. The van der Waals surface area contributed by atoms with Crippen LogP contribution in [0.3, 0.4) is 0 Å². The van der Waals surface area contributed by atoms with Gasteiger partial charge in [0, 0.05) is 43.6 Å². The predicted octanol–water partition coefficient (Wildman–Crippen LogP) is 1.08. The van der Waals surface area contributed by atoms with Crippen molar-refractivity contribution in [3.05, 3.63) is 51.9 Å². The highest BCUT2D eigenvalue weighted by molar-refractivity contribution is 6.03. The molecule has 0 spiro atoms. The summed E-state index contributed by atoms with van der Waals surface area (Å²) in [5, 5.41) is 8.83. The molecule has 0 radical (unpaired) electrons. The highest BCUT2D eigenvalue weighted by Crippen LogP contribution is 2.24. The molecule has 24 heavy (non-hydrogen) atoms. The summed E-state index contributed by atoms with van der Waals surface area (Å²) in [6.45, 7) is 6.08. The smallest absolute Gasteiger partial charge is 0.276 e. The molecule has 1 aliphatic rings. The SMILES string of the molecule is Cc1cc(N2CCN(C)CC2)ccc1NC(=O)c1ccc(=O)[nH]n1. The number of hydrogen-bond acceptors (Lipinski definition) is 5. The lowest BCUT2D eigenvalue weighted by molar-refractivity contribution is 0.102. The van der Waals surface area contributed by atoms with Crippen molar-refractivity contribution in [2.45, 2.75) is 6.92 Å². The lowest BCUT2D eigenvalue weighted by Crippen LogP contribution is -2.44. The van der Waals surface area contributed by atoms with Crippen LogP contribution in [0.2, 0.25) is 0 Å². The van der Waals surface area contributed by atoms with Gasteiger partial charge in [-0.15, -0.1) is 0 Å². The summed E-state index contributed by atoms with van der Waals surface area (Å²) < 4.78 is 0. The van der Waals surface area contributed by atoms with Crippen molar-refractivity contribution in [3.8, 4) is 0 Å². The second-order valence-corrected chi connectivity index (χ2v) is 6.05. The van der Waals surface area contributed by atoms with Crippen molar-refractivity contribution in [1.82, 2.24) is 15.1 Å². The second kappa shape index (κ2) is 6.84. The number of nitrogens with one attached hydrogen (secondary N) is 2. The summed E-state index contributed by atoms with van der Waals surface area (Å²) in [7, 11) is 2.13. The summed E-state index contributed by atoms with van der Waals surface area (Å²) in [5.74, 6) is -0.346. The number of aryl methyl sites for hydroxylation is 1. The van der Waals surface area contributed by atoms with Gasteiger partial charge in [0.15, 0.2) is 0 Å². The Balaban J connectivity index is 1.71. The number of rotatable bonds is 3. The van der Waals surface area contributed by atoms with Gasteiger partial charge in [0.1, 0.15) is 5.69 Å². The van der Waals surface area contributed by atoms with Crippen LogP contribution in [0.5, 0.6) is 0 Å². The van der Waals surface area contributed by atoms with E-state index < -0.39 is 0 Å². The van der Waals surface area contributed by atoms with Gasteiger partial charge < -0.3 is 15.1 Å². The minimum absolute atomic E-state index is 0.178. The number of amides is 1. The molecule has 1 fully saturated rings. The number of nitrogens with zero attached hydrogens (tertiary/aromatic N) is 3. The molecule has 1 saturated heterocycles. The number of piperazine rings is 1. The maximum atomic E-state index is 12.2. The molecule has 0 unspecified atom stereocenters. The Kier molecular flexibility index (Phi) is 4.61. The van der Waals surface area contributed by atoms with Gasteiger partial charge in [-0.2, -0.15) is 5.10 Å². The summed E-state index contributed by atoms with van der Waals surface area (Å²) >= 11 is 0. The zero-order chi connectivity index (χ0) is 17.1. The molecule has 3 rings (SSSR count). The third-order valence-corrected chi connectivity index (χ3v) is 4.24. The van der Waals surface area contributed by atoms with Crippen LogP contribution in [0, 0.1) is 6.92 Å². The van der Waals surface area contributed by atoms with E-state index in [1.807, 2.05) is 19.1 Å². The van der Waals surface area contributed by atoms with Crippen molar-refractivity contribution in [2.24, 2.45) is 0 Å². The maximum Gasteiger partial charge on any atom is 0.276 e. The van der Waals surface area contributed by atoms with E-state index in [4.69, 9.17) is 0 Å². The van der Waals surface area contributed by atoms with Crippen LogP contribution in [0.15, 0.2) is 35.1 Å². The highest BCUT2D eigenvalue weighted by Gasteiger charge is 2.15. The van der Waals surface area contributed by atoms with Crippen LogP contribution < -0.4 is 15.8 Å². The third kappa shape index (κ3) is 3.62. The van der Waals surface area contributed by atoms with Crippen molar-refractivity contribution in [3.63, 3.8) is 0 Å². The van der Waals surface area contributed by atoms with Crippen LogP contribution >= 0.6 is 0 Å². The van der Waals surface area contributed by atoms with Gasteiger partial charge in [0.25, 0.3) is 11.5 Å². The number of aromatic nitrogens is 2. The van der Waals surface area contributed by atoms with Crippen LogP contribution in [0.25, 0.3) is 0 Å². The van der Waals surface area contributed by atoms with E-state index in [-0.39, 0.29) is 17.2 Å². The normalized spacial score (nSPS) is 15.3. The zero-order valence-electron chi connectivity index (χ0n) is 13.9. The molecule has 2 heterocycles. The number of anilines is 2. The Morgan fingerprint density at radius 3 is 2.54 bits per heavy atom. The Bertz CT molecular complexity index is 773. The van der Waals surface area contributed by atoms with Crippen molar-refractivity contribution >= 4 is 17.3 Å². The average molecular weight is 327 g/mol. The Morgan fingerprint density at radius 1 is 1.17 bits per heavy atom. The standard InChI is InChI=1S/C17H21N5O2/c1-12-11-13(22-9-7-21(2)8-10-22)3-4-14(12)18-17(24)15-5-6-16(23)20-19-15/h3-6,11H,7-10H2,1-2H3,(H,18,24)(H,20,23). The molecule has 7 nitrogen and oxygen atoms in total. The molecular weight excluding hydrogens is 306 g/mol. The summed E-state index contributed by atoms with van der Waals surface area (Å²) in [5.41, 5.74) is 2.74. The maximum absolute atomic E-state index is 12.2. The Morgan fingerprint density at radius 2 is 1.92 bits per heavy atom. The molecule has 0 atom stereocenters. The largest absolute Gasteiger partial charge is 0.369 e. The fourth-order valence-corrected chi connectivity index (χ4v) is 2.71. The van der Waals surface area contributed by atoms with Crippen molar-refractivity contribution < 1.29 is 4.79 Å². The number of aromatic amines is 1. The number of benzene rings is 1. The topological polar surface area (TPSA) is 81.3 Å². The molecule has 0 aliphatic carbocycles. The zero-order valence-corrected chi connectivity index (χ0v) is 13.9. The molecule has 1 aromatic carbocycles.